The number of carbonyl (C=O) groups excluding carboxylic acids is 4. The maximum atomic E-state index is 14.4. The monoisotopic (exact) mass is 718 g/mol. The Labute approximate surface area is 295 Å². The molecule has 4 N–H and O–H groups in total. The van der Waals surface area contributed by atoms with Crippen molar-refractivity contribution in [2.75, 3.05) is 11.9 Å². The van der Waals surface area contributed by atoms with E-state index in [1.165, 1.54) is 22.6 Å². The lowest BCUT2D eigenvalue weighted by Gasteiger charge is -2.27. The second kappa shape index (κ2) is 13.2. The fraction of sp³-hybridized carbons (Fsp3) is 0.457. The average Bonchev–Trinajstić information content (AvgIpc) is 3.50. The van der Waals surface area contributed by atoms with E-state index in [1.807, 2.05) is 0 Å². The highest BCUT2D eigenvalue weighted by Gasteiger charge is 2.67. The van der Waals surface area contributed by atoms with Crippen LogP contribution in [-0.4, -0.2) is 76.9 Å². The molecule has 0 aromatic carbocycles. The molecule has 1 aliphatic carbocycles. The molecule has 4 amide bonds. The summed E-state index contributed by atoms with van der Waals surface area (Å²) in [5.74, 6) is -1.83. The topological polar surface area (TPSA) is 191 Å². The number of amides is 4. The number of halogens is 3. The van der Waals surface area contributed by atoms with E-state index in [0.29, 0.717) is 71.3 Å². The van der Waals surface area contributed by atoms with Crippen molar-refractivity contribution >= 4 is 40.3 Å². The predicted molar refractivity (Wildman–Crippen MR) is 180 cm³/mol. The largest absolute Gasteiger partial charge is 0.433 e. The minimum absolute atomic E-state index is 0.0552. The molecule has 6 heterocycles. The highest BCUT2D eigenvalue weighted by Crippen LogP contribution is 2.59. The molecule has 4 aromatic heterocycles. The number of hydrogen-bond donors (Lipinski definition) is 3. The van der Waals surface area contributed by atoms with E-state index in [2.05, 4.69) is 30.7 Å². The van der Waals surface area contributed by atoms with Crippen LogP contribution in [0.25, 0.3) is 22.2 Å². The standard InChI is InChI=1S/C35H37F3N10O4/c1-18-9-10-25(35(36,37)38)44-32(18)45-33(52)24-12-34-13-26(34)48(24)28(50)16-47-30-21(29(46-47)31(39)51)11-23(20-14-40-19(2)41-15-20)43-22(30)7-5-3-4-6-8-27(49)42-17-34/h9-11,14-15,24,26H,3-8,12-13,16-17H2,1-2H3,(H2,39,51)(H,42,49)(H,44,45,52)/t24-,26+,34-/m0/s1. The fourth-order valence-corrected chi connectivity index (χ4v) is 7.41. The number of alkyl halides is 3. The molecule has 14 nitrogen and oxygen atoms in total. The van der Waals surface area contributed by atoms with Crippen molar-refractivity contribution in [1.29, 1.82) is 0 Å². The van der Waals surface area contributed by atoms with E-state index in [-0.39, 0.29) is 36.9 Å². The minimum Gasteiger partial charge on any atom is -0.364 e. The molecule has 2 bridgehead atoms. The highest BCUT2D eigenvalue weighted by molar-refractivity contribution is 6.06. The Morgan fingerprint density at radius 1 is 1.02 bits per heavy atom. The van der Waals surface area contributed by atoms with Crippen molar-refractivity contribution in [3.63, 3.8) is 0 Å². The van der Waals surface area contributed by atoms with Gasteiger partial charge >= 0.3 is 6.18 Å². The van der Waals surface area contributed by atoms with Crippen LogP contribution in [0.5, 0.6) is 0 Å². The van der Waals surface area contributed by atoms with Crippen molar-refractivity contribution < 1.29 is 32.3 Å². The van der Waals surface area contributed by atoms with Gasteiger partial charge in [-0.05, 0) is 63.6 Å². The number of piperidine rings is 1. The van der Waals surface area contributed by atoms with E-state index in [0.717, 1.165) is 18.9 Å². The lowest BCUT2D eigenvalue weighted by Crippen LogP contribution is -2.47. The number of hydrogen-bond acceptors (Lipinski definition) is 9. The zero-order valence-electron chi connectivity index (χ0n) is 28.6. The number of primary amides is 1. The summed E-state index contributed by atoms with van der Waals surface area (Å²) in [6, 6.07) is 2.21. The fourth-order valence-electron chi connectivity index (χ4n) is 7.41. The molecular formula is C35H37F3N10O4. The van der Waals surface area contributed by atoms with Gasteiger partial charge in [-0.3, -0.25) is 28.8 Å². The van der Waals surface area contributed by atoms with Crippen LogP contribution in [0.15, 0.2) is 30.6 Å². The summed E-state index contributed by atoms with van der Waals surface area (Å²) in [6.45, 7) is 3.13. The van der Waals surface area contributed by atoms with Crippen LogP contribution in [0.4, 0.5) is 19.0 Å². The predicted octanol–water partition coefficient (Wildman–Crippen LogP) is 3.64. The number of pyridine rings is 2. The van der Waals surface area contributed by atoms with Crippen LogP contribution < -0.4 is 16.4 Å². The first-order valence-corrected chi connectivity index (χ1v) is 17.2. The van der Waals surface area contributed by atoms with E-state index in [1.54, 1.807) is 25.4 Å². The van der Waals surface area contributed by atoms with Gasteiger partial charge in [0.2, 0.25) is 17.7 Å². The lowest BCUT2D eigenvalue weighted by atomic mass is 9.98. The number of nitrogens with two attached hydrogens (primary N) is 1. The van der Waals surface area contributed by atoms with Gasteiger partial charge in [0.15, 0.2) is 5.69 Å². The van der Waals surface area contributed by atoms with Gasteiger partial charge in [0.05, 0.1) is 16.9 Å². The number of rotatable bonds is 4. The molecule has 7 rings (SSSR count). The quantitative estimate of drug-likeness (QED) is 0.283. The summed E-state index contributed by atoms with van der Waals surface area (Å²) >= 11 is 0. The van der Waals surface area contributed by atoms with Gasteiger partial charge in [0.1, 0.15) is 29.9 Å². The lowest BCUT2D eigenvalue weighted by molar-refractivity contribution is -0.141. The number of aryl methyl sites for hydroxylation is 3. The number of aromatic nitrogens is 6. The highest BCUT2D eigenvalue weighted by atomic mass is 19.4. The number of nitrogens with zero attached hydrogens (tertiary/aromatic N) is 7. The van der Waals surface area contributed by atoms with Gasteiger partial charge in [-0.2, -0.15) is 18.3 Å². The first-order chi connectivity index (χ1) is 24.7. The molecule has 1 saturated heterocycles. The second-order valence-electron chi connectivity index (χ2n) is 13.9. The van der Waals surface area contributed by atoms with Gasteiger partial charge in [-0.15, -0.1) is 0 Å². The third-order valence-electron chi connectivity index (χ3n) is 10.2. The molecule has 3 atom stereocenters. The summed E-state index contributed by atoms with van der Waals surface area (Å²) in [5.41, 5.74) is 6.43. The van der Waals surface area contributed by atoms with Crippen LogP contribution in [0, 0.1) is 19.3 Å². The molecule has 0 unspecified atom stereocenters. The van der Waals surface area contributed by atoms with E-state index in [9.17, 15) is 32.3 Å². The molecule has 17 heteroatoms. The van der Waals surface area contributed by atoms with E-state index >= 15 is 0 Å². The molecule has 0 spiro atoms. The van der Waals surface area contributed by atoms with Crippen LogP contribution in [0.1, 0.15) is 78.2 Å². The first-order valence-electron chi connectivity index (χ1n) is 17.2. The zero-order valence-corrected chi connectivity index (χ0v) is 28.6. The van der Waals surface area contributed by atoms with Crippen molar-refractivity contribution in [1.82, 2.24) is 39.9 Å². The van der Waals surface area contributed by atoms with Crippen LogP contribution in [-0.2, 0) is 33.5 Å². The van der Waals surface area contributed by atoms with Crippen LogP contribution in [0.2, 0.25) is 0 Å². The Hall–Kier alpha value is -5.48. The van der Waals surface area contributed by atoms with Crippen molar-refractivity contribution in [3.8, 4) is 11.3 Å². The average molecular weight is 719 g/mol. The molecule has 3 aliphatic rings. The summed E-state index contributed by atoms with van der Waals surface area (Å²) < 4.78 is 41.8. The van der Waals surface area contributed by atoms with Gasteiger partial charge in [-0.1, -0.05) is 18.9 Å². The molecule has 52 heavy (non-hydrogen) atoms. The number of carbonyl (C=O) groups is 4. The summed E-state index contributed by atoms with van der Waals surface area (Å²) in [4.78, 5) is 72.4. The Kier molecular flexibility index (Phi) is 8.90. The third-order valence-corrected chi connectivity index (χ3v) is 10.2. The minimum atomic E-state index is -4.73. The van der Waals surface area contributed by atoms with Crippen molar-refractivity contribution in [2.45, 2.75) is 90.0 Å². The van der Waals surface area contributed by atoms with E-state index in [4.69, 9.17) is 10.7 Å². The zero-order chi connectivity index (χ0) is 36.9. The molecule has 1 saturated carbocycles. The van der Waals surface area contributed by atoms with Crippen molar-refractivity contribution in [3.05, 3.63) is 59.1 Å². The summed E-state index contributed by atoms with van der Waals surface area (Å²) in [5, 5.41) is 10.4. The molecule has 4 aromatic rings. The SMILES string of the molecule is Cc1ncc(-c2cc3c(C(N)=O)nn4c3c(n2)CCCCCCC(=O)NC[C@@]23C[C@@H](C(=O)Nc5nc(C(F)(F)F)ccc5C)N(C(=O)C4)[C@@H]2C3)cn1. The Morgan fingerprint density at radius 2 is 1.75 bits per heavy atom. The normalized spacial score (nSPS) is 22.4. The van der Waals surface area contributed by atoms with Crippen LogP contribution >= 0.6 is 0 Å². The Bertz CT molecular complexity index is 2100. The van der Waals surface area contributed by atoms with E-state index < -0.39 is 47.1 Å². The number of anilines is 1. The van der Waals surface area contributed by atoms with Crippen LogP contribution in [0.3, 0.4) is 0 Å². The smallest absolute Gasteiger partial charge is 0.364 e. The molecule has 0 radical (unpaired) electrons. The third kappa shape index (κ3) is 6.66. The first kappa shape index (κ1) is 34.9. The summed E-state index contributed by atoms with van der Waals surface area (Å²) in [7, 11) is 0. The molecule has 2 aliphatic heterocycles. The van der Waals surface area contributed by atoms with Gasteiger partial charge in [0, 0.05) is 47.8 Å². The Morgan fingerprint density at radius 3 is 2.46 bits per heavy atom. The van der Waals surface area contributed by atoms with Gasteiger partial charge < -0.3 is 21.3 Å². The van der Waals surface area contributed by atoms with Gasteiger partial charge in [0.25, 0.3) is 5.91 Å². The molecule has 2 fully saturated rings. The maximum absolute atomic E-state index is 14.4. The maximum Gasteiger partial charge on any atom is 0.433 e. The Balaban J connectivity index is 1.28. The molecule has 272 valence electrons. The second-order valence-corrected chi connectivity index (χ2v) is 13.9. The summed E-state index contributed by atoms with van der Waals surface area (Å²) in [6.07, 6.45) is 2.95. The molecular weight excluding hydrogens is 681 g/mol. The van der Waals surface area contributed by atoms with Crippen molar-refractivity contribution in [2.24, 2.45) is 11.1 Å². The number of nitrogens with one attached hydrogen (secondary N) is 2. The van der Waals surface area contributed by atoms with Gasteiger partial charge in [-0.25, -0.2) is 15.0 Å².